The third-order valence-electron chi connectivity index (χ3n) is 11.4. The molecule has 3 atom stereocenters. The highest BCUT2D eigenvalue weighted by Gasteiger charge is 2.24. The second-order valence-corrected chi connectivity index (χ2v) is 17.3. The Balaban J connectivity index is 4.65. The zero-order valence-electron chi connectivity index (χ0n) is 40.0. The second-order valence-electron chi connectivity index (χ2n) is 17.3. The lowest BCUT2D eigenvalue weighted by atomic mass is 10.0. The van der Waals surface area contributed by atoms with Crippen LogP contribution in [0.5, 0.6) is 0 Å². The van der Waals surface area contributed by atoms with Crippen molar-refractivity contribution in [3.8, 4) is 0 Å². The van der Waals surface area contributed by atoms with Crippen LogP contribution in [0.1, 0.15) is 239 Å². The summed E-state index contributed by atoms with van der Waals surface area (Å²) in [5, 5.41) is 23.8. The standard InChI is InChI=1S/C55H97NO5/c1-4-7-10-13-16-19-22-25-26-27-30-32-35-38-41-44-47-53(58)52(50-57)56-54(59)49-51(46-43-40-37-34-31-28-23-20-17-14-11-8-5-2)61-55(60)48-45-42-39-36-33-29-24-21-18-15-12-9-6-3/h8,11,14,17,20,23,28-29,31,33,39,42,51-53,57-58H,4-7,9-10,12-13,15-16,18-19,21-22,24-27,30,32,34-38,40-41,43-50H2,1-3H3,(H,56,59)/b11-8+,17-14+,23-20+,31-28-,33-29-,42-39+. The SMILES string of the molecule is CC/C=C/C=C/C=C/C=C\CCCCCC(CC(=O)NC(CO)C(O)CCCCCCCCCCCCCCCCCC)OC(=O)CC/C=C/C/C=C\CCCCCCCC. The Morgan fingerprint density at radius 3 is 1.49 bits per heavy atom. The molecule has 6 nitrogen and oxygen atoms in total. The molecule has 3 unspecified atom stereocenters. The van der Waals surface area contributed by atoms with Crippen molar-refractivity contribution < 1.29 is 24.5 Å². The lowest BCUT2D eigenvalue weighted by Crippen LogP contribution is -2.46. The monoisotopic (exact) mass is 852 g/mol. The molecule has 0 saturated carbocycles. The molecule has 6 heteroatoms. The molecule has 0 aliphatic carbocycles. The number of ether oxygens (including phenoxy) is 1. The van der Waals surface area contributed by atoms with Gasteiger partial charge in [0.05, 0.1) is 25.2 Å². The highest BCUT2D eigenvalue weighted by atomic mass is 16.5. The predicted molar refractivity (Wildman–Crippen MR) is 264 cm³/mol. The van der Waals surface area contributed by atoms with Crippen molar-refractivity contribution in [3.63, 3.8) is 0 Å². The van der Waals surface area contributed by atoms with E-state index in [2.05, 4.69) is 62.5 Å². The van der Waals surface area contributed by atoms with Gasteiger partial charge in [-0.1, -0.05) is 235 Å². The molecule has 0 radical (unpaired) electrons. The molecule has 0 rings (SSSR count). The Kier molecular flexibility index (Phi) is 46.2. The zero-order valence-corrected chi connectivity index (χ0v) is 40.0. The van der Waals surface area contributed by atoms with Crippen LogP contribution in [0, 0.1) is 0 Å². The first-order valence-electron chi connectivity index (χ1n) is 25.7. The number of aliphatic hydroxyl groups is 2. The second kappa shape index (κ2) is 48.3. The molecule has 0 aromatic rings. The molecule has 1 amide bonds. The van der Waals surface area contributed by atoms with E-state index in [1.807, 2.05) is 36.5 Å². The Morgan fingerprint density at radius 1 is 0.508 bits per heavy atom. The smallest absolute Gasteiger partial charge is 0.306 e. The first-order valence-corrected chi connectivity index (χ1v) is 25.7. The fourth-order valence-corrected chi connectivity index (χ4v) is 7.49. The highest BCUT2D eigenvalue weighted by Crippen LogP contribution is 2.17. The van der Waals surface area contributed by atoms with E-state index >= 15 is 0 Å². The number of carbonyl (C=O) groups excluding carboxylic acids is 2. The number of esters is 1. The van der Waals surface area contributed by atoms with Gasteiger partial charge in [0.2, 0.25) is 5.91 Å². The third kappa shape index (κ3) is 43.7. The predicted octanol–water partition coefficient (Wildman–Crippen LogP) is 15.4. The van der Waals surface area contributed by atoms with E-state index in [0.717, 1.165) is 64.2 Å². The Morgan fingerprint density at radius 2 is 0.951 bits per heavy atom. The fourth-order valence-electron chi connectivity index (χ4n) is 7.49. The van der Waals surface area contributed by atoms with Crippen LogP contribution in [0.25, 0.3) is 0 Å². The van der Waals surface area contributed by atoms with Gasteiger partial charge in [-0.05, 0) is 64.2 Å². The van der Waals surface area contributed by atoms with Crippen LogP contribution in [0.2, 0.25) is 0 Å². The van der Waals surface area contributed by atoms with Crippen molar-refractivity contribution in [2.45, 2.75) is 257 Å². The van der Waals surface area contributed by atoms with Crippen molar-refractivity contribution in [2.75, 3.05) is 6.61 Å². The molecule has 0 bridgehead atoms. The molecular formula is C55H97NO5. The first kappa shape index (κ1) is 58.3. The Hall–Kier alpha value is -2.70. The maximum Gasteiger partial charge on any atom is 0.306 e. The van der Waals surface area contributed by atoms with Gasteiger partial charge in [-0.2, -0.15) is 0 Å². The van der Waals surface area contributed by atoms with E-state index in [-0.39, 0.29) is 31.3 Å². The summed E-state index contributed by atoms with van der Waals surface area (Å²) in [5.74, 6) is -0.596. The lowest BCUT2D eigenvalue weighted by molar-refractivity contribution is -0.150. The molecule has 3 N–H and O–H groups in total. The van der Waals surface area contributed by atoms with Gasteiger partial charge in [-0.3, -0.25) is 9.59 Å². The number of nitrogens with one attached hydrogen (secondary N) is 1. The number of aliphatic hydroxyl groups excluding tert-OH is 2. The minimum absolute atomic E-state index is 0.0267. The van der Waals surface area contributed by atoms with Crippen LogP contribution in [-0.2, 0) is 14.3 Å². The van der Waals surface area contributed by atoms with Gasteiger partial charge in [-0.15, -0.1) is 0 Å². The van der Waals surface area contributed by atoms with Crippen LogP contribution in [0.15, 0.2) is 72.9 Å². The fraction of sp³-hybridized carbons (Fsp3) is 0.745. The number of unbranched alkanes of at least 4 members (excludes halogenated alkanes) is 24. The molecule has 0 aliphatic rings. The molecular weight excluding hydrogens is 755 g/mol. The van der Waals surface area contributed by atoms with Crippen LogP contribution >= 0.6 is 0 Å². The maximum atomic E-state index is 13.2. The van der Waals surface area contributed by atoms with Crippen LogP contribution in [0.4, 0.5) is 0 Å². The van der Waals surface area contributed by atoms with Gasteiger partial charge in [0, 0.05) is 6.42 Å². The van der Waals surface area contributed by atoms with Gasteiger partial charge in [0.25, 0.3) is 0 Å². The number of carbonyl (C=O) groups is 2. The van der Waals surface area contributed by atoms with Crippen LogP contribution in [0.3, 0.4) is 0 Å². The van der Waals surface area contributed by atoms with Gasteiger partial charge in [0.1, 0.15) is 6.10 Å². The molecule has 0 aromatic heterocycles. The molecule has 0 aromatic carbocycles. The topological polar surface area (TPSA) is 95.9 Å². The quantitative estimate of drug-likeness (QED) is 0.0245. The minimum Gasteiger partial charge on any atom is -0.462 e. The van der Waals surface area contributed by atoms with Crippen molar-refractivity contribution in [1.29, 1.82) is 0 Å². The van der Waals surface area contributed by atoms with Gasteiger partial charge < -0.3 is 20.3 Å². The third-order valence-corrected chi connectivity index (χ3v) is 11.4. The normalized spacial score (nSPS) is 13.9. The van der Waals surface area contributed by atoms with Gasteiger partial charge in [0.15, 0.2) is 0 Å². The largest absolute Gasteiger partial charge is 0.462 e. The summed E-state index contributed by atoms with van der Waals surface area (Å²) in [6, 6.07) is -0.727. The molecule has 0 aliphatic heterocycles. The van der Waals surface area contributed by atoms with Crippen molar-refractivity contribution in [1.82, 2.24) is 5.32 Å². The van der Waals surface area contributed by atoms with Crippen LogP contribution in [-0.4, -0.2) is 46.9 Å². The molecule has 0 saturated heterocycles. The van der Waals surface area contributed by atoms with Gasteiger partial charge >= 0.3 is 5.97 Å². The summed E-state index contributed by atoms with van der Waals surface area (Å²) in [4.78, 5) is 26.1. The number of amides is 1. The van der Waals surface area contributed by atoms with E-state index < -0.39 is 18.2 Å². The van der Waals surface area contributed by atoms with E-state index in [0.29, 0.717) is 19.3 Å². The van der Waals surface area contributed by atoms with E-state index in [1.165, 1.54) is 122 Å². The lowest BCUT2D eigenvalue weighted by Gasteiger charge is -2.24. The molecule has 0 spiro atoms. The van der Waals surface area contributed by atoms with Crippen molar-refractivity contribution in [3.05, 3.63) is 72.9 Å². The van der Waals surface area contributed by atoms with Crippen molar-refractivity contribution in [2.24, 2.45) is 0 Å². The molecule has 0 heterocycles. The molecule has 352 valence electrons. The maximum absolute atomic E-state index is 13.2. The minimum atomic E-state index is -0.810. The summed E-state index contributed by atoms with van der Waals surface area (Å²) in [6.07, 6.45) is 61.2. The first-order chi connectivity index (χ1) is 30.0. The number of hydrogen-bond acceptors (Lipinski definition) is 5. The Bertz CT molecular complexity index is 1140. The Labute approximate surface area is 377 Å². The summed E-state index contributed by atoms with van der Waals surface area (Å²) >= 11 is 0. The van der Waals surface area contributed by atoms with E-state index in [1.54, 1.807) is 0 Å². The summed E-state index contributed by atoms with van der Waals surface area (Å²) in [7, 11) is 0. The summed E-state index contributed by atoms with van der Waals surface area (Å²) in [6.45, 7) is 6.31. The zero-order chi connectivity index (χ0) is 44.5. The average Bonchev–Trinajstić information content (AvgIpc) is 3.25. The summed E-state index contributed by atoms with van der Waals surface area (Å²) in [5.41, 5.74) is 0. The molecule has 0 fully saturated rings. The number of rotatable bonds is 45. The highest BCUT2D eigenvalue weighted by molar-refractivity contribution is 5.77. The molecule has 61 heavy (non-hydrogen) atoms. The van der Waals surface area contributed by atoms with Crippen molar-refractivity contribution >= 4 is 11.9 Å². The van der Waals surface area contributed by atoms with E-state index in [4.69, 9.17) is 4.74 Å². The van der Waals surface area contributed by atoms with Crippen LogP contribution < -0.4 is 5.32 Å². The van der Waals surface area contributed by atoms with Gasteiger partial charge in [-0.25, -0.2) is 0 Å². The summed E-state index contributed by atoms with van der Waals surface area (Å²) < 4.78 is 5.87. The van der Waals surface area contributed by atoms with E-state index in [9.17, 15) is 19.8 Å². The number of hydrogen-bond donors (Lipinski definition) is 3. The number of allylic oxidation sites excluding steroid dienone is 12. The average molecular weight is 852 g/mol.